The van der Waals surface area contributed by atoms with E-state index in [0.717, 1.165) is 6.07 Å². The molecule has 0 bridgehead atoms. The molecule has 0 unspecified atom stereocenters. The molecular formula is C10H6F2N2O. The molecule has 0 spiro atoms. The lowest BCUT2D eigenvalue weighted by Gasteiger charge is -2.02. The Kier molecular flexibility index (Phi) is 2.29. The first kappa shape index (κ1) is 9.51. The van der Waals surface area contributed by atoms with Crippen molar-refractivity contribution < 1.29 is 8.78 Å². The van der Waals surface area contributed by atoms with Crippen molar-refractivity contribution in [3.63, 3.8) is 0 Å². The van der Waals surface area contributed by atoms with Gasteiger partial charge in [-0.3, -0.25) is 0 Å². The van der Waals surface area contributed by atoms with Gasteiger partial charge in [0.05, 0.1) is 0 Å². The highest BCUT2D eigenvalue weighted by Gasteiger charge is 2.09. The molecule has 1 heterocycles. The molecule has 2 rings (SSSR count). The van der Waals surface area contributed by atoms with Gasteiger partial charge in [0.2, 0.25) is 0 Å². The van der Waals surface area contributed by atoms with Gasteiger partial charge in [0.15, 0.2) is 11.6 Å². The van der Waals surface area contributed by atoms with Crippen LogP contribution in [0.2, 0.25) is 0 Å². The quantitative estimate of drug-likeness (QED) is 0.775. The molecule has 0 fully saturated rings. The van der Waals surface area contributed by atoms with E-state index >= 15 is 0 Å². The third-order valence-electron chi connectivity index (χ3n) is 1.93. The zero-order valence-electron chi connectivity index (χ0n) is 7.50. The molecule has 1 aromatic carbocycles. The van der Waals surface area contributed by atoms with Crippen molar-refractivity contribution in [2.45, 2.75) is 0 Å². The number of halogens is 2. The van der Waals surface area contributed by atoms with Crippen LogP contribution in [0.4, 0.5) is 8.78 Å². The van der Waals surface area contributed by atoms with Gasteiger partial charge in [-0.1, -0.05) is 12.1 Å². The highest BCUT2D eigenvalue weighted by molar-refractivity contribution is 5.61. The highest BCUT2D eigenvalue weighted by Crippen LogP contribution is 2.22. The minimum absolute atomic E-state index is 0.0683. The smallest absolute Gasteiger partial charge is 0.312 e. The van der Waals surface area contributed by atoms with E-state index in [2.05, 4.69) is 9.97 Å². The molecule has 0 aliphatic heterocycles. The summed E-state index contributed by atoms with van der Waals surface area (Å²) in [5.74, 6) is -1.88. The SMILES string of the molecule is O=c1ncc(-c2cccc(F)c2F)c[nH]1. The standard InChI is InChI=1S/C10H6F2N2O/c11-8-3-1-2-7(9(8)12)6-4-13-10(15)14-5-6/h1-5H,(H,13,14,15). The van der Waals surface area contributed by atoms with Crippen molar-refractivity contribution in [1.29, 1.82) is 0 Å². The largest absolute Gasteiger partial charge is 0.344 e. The Labute approximate surface area is 83.4 Å². The number of aromatic amines is 1. The average Bonchev–Trinajstić information content (AvgIpc) is 2.24. The first-order valence-corrected chi connectivity index (χ1v) is 4.17. The first-order chi connectivity index (χ1) is 7.18. The number of hydrogen-bond acceptors (Lipinski definition) is 2. The Morgan fingerprint density at radius 3 is 2.73 bits per heavy atom. The van der Waals surface area contributed by atoms with Crippen LogP contribution < -0.4 is 5.69 Å². The minimum Gasteiger partial charge on any atom is -0.312 e. The van der Waals surface area contributed by atoms with E-state index in [4.69, 9.17) is 0 Å². The summed E-state index contributed by atoms with van der Waals surface area (Å²) >= 11 is 0. The van der Waals surface area contributed by atoms with Gasteiger partial charge < -0.3 is 4.98 Å². The Balaban J connectivity index is 2.59. The topological polar surface area (TPSA) is 45.8 Å². The van der Waals surface area contributed by atoms with Gasteiger partial charge in [0, 0.05) is 23.5 Å². The summed E-state index contributed by atoms with van der Waals surface area (Å²) < 4.78 is 26.2. The fourth-order valence-corrected chi connectivity index (χ4v) is 1.22. The molecule has 0 saturated heterocycles. The second kappa shape index (κ2) is 3.61. The van der Waals surface area contributed by atoms with Crippen molar-refractivity contribution in [2.75, 3.05) is 0 Å². The molecule has 0 aliphatic carbocycles. The second-order valence-corrected chi connectivity index (χ2v) is 2.91. The molecule has 0 amide bonds. The number of rotatable bonds is 1. The maximum absolute atomic E-state index is 13.3. The number of H-pyrrole nitrogens is 1. The van der Waals surface area contributed by atoms with Crippen LogP contribution in [0.25, 0.3) is 11.1 Å². The highest BCUT2D eigenvalue weighted by atomic mass is 19.2. The van der Waals surface area contributed by atoms with Gasteiger partial charge in [-0.2, -0.15) is 0 Å². The maximum atomic E-state index is 13.3. The lowest BCUT2D eigenvalue weighted by Crippen LogP contribution is -2.08. The monoisotopic (exact) mass is 208 g/mol. The van der Waals surface area contributed by atoms with Gasteiger partial charge in [-0.15, -0.1) is 0 Å². The fraction of sp³-hybridized carbons (Fsp3) is 0. The minimum atomic E-state index is -0.952. The number of hydrogen-bond donors (Lipinski definition) is 1. The van der Waals surface area contributed by atoms with E-state index in [-0.39, 0.29) is 5.56 Å². The number of nitrogens with zero attached hydrogens (tertiary/aromatic N) is 1. The summed E-state index contributed by atoms with van der Waals surface area (Å²) in [6.45, 7) is 0. The fourth-order valence-electron chi connectivity index (χ4n) is 1.22. The summed E-state index contributed by atoms with van der Waals surface area (Å²) in [5, 5.41) is 0. The van der Waals surface area contributed by atoms with Gasteiger partial charge in [0.25, 0.3) is 0 Å². The van der Waals surface area contributed by atoms with Crippen LogP contribution in [0, 0.1) is 11.6 Å². The Hall–Kier alpha value is -2.04. The molecule has 3 nitrogen and oxygen atoms in total. The molecule has 0 saturated carbocycles. The Bertz CT molecular complexity index is 531. The van der Waals surface area contributed by atoms with Crippen molar-refractivity contribution >= 4 is 0 Å². The van der Waals surface area contributed by atoms with Crippen LogP contribution in [-0.4, -0.2) is 9.97 Å². The number of aromatic nitrogens is 2. The molecule has 1 aromatic heterocycles. The predicted octanol–water partition coefficient (Wildman–Crippen LogP) is 1.72. The lowest BCUT2D eigenvalue weighted by molar-refractivity contribution is 0.511. The summed E-state index contributed by atoms with van der Waals surface area (Å²) in [6.07, 6.45) is 2.48. The van der Waals surface area contributed by atoms with E-state index in [0.29, 0.717) is 5.56 Å². The van der Waals surface area contributed by atoms with Gasteiger partial charge >= 0.3 is 5.69 Å². The second-order valence-electron chi connectivity index (χ2n) is 2.91. The van der Waals surface area contributed by atoms with Crippen LogP contribution in [0.15, 0.2) is 35.4 Å². The number of benzene rings is 1. The molecular weight excluding hydrogens is 202 g/mol. The molecule has 1 N–H and O–H groups in total. The van der Waals surface area contributed by atoms with Crippen molar-refractivity contribution in [3.05, 3.63) is 52.7 Å². The predicted molar refractivity (Wildman–Crippen MR) is 50.2 cm³/mol. The molecule has 5 heteroatoms. The maximum Gasteiger partial charge on any atom is 0.344 e. The van der Waals surface area contributed by atoms with Crippen LogP contribution in [-0.2, 0) is 0 Å². The van der Waals surface area contributed by atoms with Crippen molar-refractivity contribution in [1.82, 2.24) is 9.97 Å². The Morgan fingerprint density at radius 2 is 2.07 bits per heavy atom. The summed E-state index contributed by atoms with van der Waals surface area (Å²) in [5.41, 5.74) is -0.138. The van der Waals surface area contributed by atoms with Gasteiger partial charge in [-0.05, 0) is 6.07 Å². The van der Waals surface area contributed by atoms with E-state index in [1.165, 1.54) is 24.5 Å². The third kappa shape index (κ3) is 1.76. The molecule has 0 aliphatic rings. The van der Waals surface area contributed by atoms with Crippen molar-refractivity contribution in [2.24, 2.45) is 0 Å². The van der Waals surface area contributed by atoms with Crippen LogP contribution in [0.1, 0.15) is 0 Å². The molecule has 15 heavy (non-hydrogen) atoms. The zero-order valence-corrected chi connectivity index (χ0v) is 7.50. The van der Waals surface area contributed by atoms with Crippen LogP contribution >= 0.6 is 0 Å². The van der Waals surface area contributed by atoms with E-state index < -0.39 is 17.3 Å². The van der Waals surface area contributed by atoms with Gasteiger partial charge in [-0.25, -0.2) is 18.6 Å². The summed E-state index contributed by atoms with van der Waals surface area (Å²) in [7, 11) is 0. The van der Waals surface area contributed by atoms with Gasteiger partial charge in [0.1, 0.15) is 0 Å². The molecule has 76 valence electrons. The van der Waals surface area contributed by atoms with E-state index in [9.17, 15) is 13.6 Å². The van der Waals surface area contributed by atoms with E-state index in [1.807, 2.05) is 0 Å². The lowest BCUT2D eigenvalue weighted by atomic mass is 10.1. The molecule has 0 radical (unpaired) electrons. The molecule has 0 atom stereocenters. The average molecular weight is 208 g/mol. The van der Waals surface area contributed by atoms with Crippen molar-refractivity contribution in [3.8, 4) is 11.1 Å². The summed E-state index contributed by atoms with van der Waals surface area (Å²) in [6, 6.07) is 3.82. The summed E-state index contributed by atoms with van der Waals surface area (Å²) in [4.78, 5) is 16.4. The molecule has 2 aromatic rings. The van der Waals surface area contributed by atoms with E-state index in [1.54, 1.807) is 0 Å². The first-order valence-electron chi connectivity index (χ1n) is 4.17. The Morgan fingerprint density at radius 1 is 1.27 bits per heavy atom. The third-order valence-corrected chi connectivity index (χ3v) is 1.93. The number of nitrogens with one attached hydrogen (secondary N) is 1. The zero-order chi connectivity index (χ0) is 10.8. The van der Waals surface area contributed by atoms with Crippen LogP contribution in [0.5, 0.6) is 0 Å². The normalized spacial score (nSPS) is 10.3. The van der Waals surface area contributed by atoms with Crippen LogP contribution in [0.3, 0.4) is 0 Å².